The van der Waals surface area contributed by atoms with Crippen LogP contribution >= 0.6 is 12.0 Å². The SMILES string of the molecule is CNCc1cccc(C2(CN[C@H](C)Cc3ccc(OC)cc3)COS2)n1. The monoisotopic (exact) mass is 373 g/mol. The second kappa shape index (κ2) is 8.86. The van der Waals surface area contributed by atoms with Crippen molar-refractivity contribution in [2.24, 2.45) is 0 Å². The number of nitrogens with one attached hydrogen (secondary N) is 2. The van der Waals surface area contributed by atoms with E-state index >= 15 is 0 Å². The molecule has 26 heavy (non-hydrogen) atoms. The van der Waals surface area contributed by atoms with Gasteiger partial charge in [0.25, 0.3) is 0 Å². The Morgan fingerprint density at radius 1 is 1.27 bits per heavy atom. The van der Waals surface area contributed by atoms with Crippen LogP contribution in [0.4, 0.5) is 0 Å². The van der Waals surface area contributed by atoms with Gasteiger partial charge in [0.05, 0.1) is 25.1 Å². The Kier molecular flexibility index (Phi) is 6.53. The van der Waals surface area contributed by atoms with Gasteiger partial charge in [0.2, 0.25) is 0 Å². The van der Waals surface area contributed by atoms with Gasteiger partial charge in [-0.2, -0.15) is 0 Å². The van der Waals surface area contributed by atoms with Crippen molar-refractivity contribution in [3.63, 3.8) is 0 Å². The normalized spacial score (nSPS) is 20.4. The number of benzene rings is 1. The van der Waals surface area contributed by atoms with E-state index in [4.69, 9.17) is 13.9 Å². The van der Waals surface area contributed by atoms with Gasteiger partial charge in [0, 0.05) is 31.2 Å². The van der Waals surface area contributed by atoms with Gasteiger partial charge >= 0.3 is 0 Å². The standard InChI is InChI=1S/C20H27N3O2S/c1-15(11-16-7-9-18(24-3)10-8-16)22-13-20(14-25-26-20)19-6-4-5-17(23-19)12-21-2/h4-10,15,21-22H,11-14H2,1-3H3/t15-,20?/m1/s1. The molecule has 3 rings (SSSR count). The minimum atomic E-state index is -0.0993. The molecule has 1 saturated heterocycles. The van der Waals surface area contributed by atoms with Crippen LogP contribution in [0.1, 0.15) is 23.9 Å². The van der Waals surface area contributed by atoms with Crippen molar-refractivity contribution >= 4 is 12.0 Å². The molecule has 0 amide bonds. The molecule has 2 atom stereocenters. The number of methoxy groups -OCH3 is 1. The summed E-state index contributed by atoms with van der Waals surface area (Å²) in [6.07, 6.45) is 0.971. The highest BCUT2D eigenvalue weighted by Crippen LogP contribution is 2.45. The third-order valence-electron chi connectivity index (χ3n) is 4.58. The maximum atomic E-state index is 5.48. The number of hydrogen-bond donors (Lipinski definition) is 2. The molecule has 0 aliphatic carbocycles. The molecule has 0 saturated carbocycles. The van der Waals surface area contributed by atoms with Crippen molar-refractivity contribution in [1.29, 1.82) is 0 Å². The smallest absolute Gasteiger partial charge is 0.121 e. The summed E-state index contributed by atoms with van der Waals surface area (Å²) >= 11 is 1.52. The minimum absolute atomic E-state index is 0.0993. The molecule has 6 heteroatoms. The molecule has 1 aliphatic heterocycles. The van der Waals surface area contributed by atoms with Crippen molar-refractivity contribution in [1.82, 2.24) is 15.6 Å². The lowest BCUT2D eigenvalue weighted by Gasteiger charge is -2.40. The lowest BCUT2D eigenvalue weighted by Crippen LogP contribution is -2.48. The molecular weight excluding hydrogens is 346 g/mol. The van der Waals surface area contributed by atoms with Crippen LogP contribution in [0.5, 0.6) is 5.75 Å². The average molecular weight is 374 g/mol. The summed E-state index contributed by atoms with van der Waals surface area (Å²) in [6.45, 7) is 4.52. The molecule has 1 fully saturated rings. The predicted octanol–water partition coefficient (Wildman–Crippen LogP) is 2.90. The second-order valence-electron chi connectivity index (χ2n) is 6.72. The number of nitrogens with zero attached hydrogens (tertiary/aromatic N) is 1. The third kappa shape index (κ3) is 4.57. The van der Waals surface area contributed by atoms with Crippen molar-refractivity contribution in [2.45, 2.75) is 30.7 Å². The summed E-state index contributed by atoms with van der Waals surface area (Å²) < 4.78 is 10.6. The van der Waals surface area contributed by atoms with Crippen LogP contribution in [0.2, 0.25) is 0 Å². The van der Waals surface area contributed by atoms with E-state index in [-0.39, 0.29) is 4.75 Å². The Hall–Kier alpha value is -1.60. The Balaban J connectivity index is 1.60. The molecule has 1 aromatic heterocycles. The van der Waals surface area contributed by atoms with E-state index in [1.165, 1.54) is 17.6 Å². The maximum absolute atomic E-state index is 5.48. The van der Waals surface area contributed by atoms with E-state index in [0.717, 1.165) is 36.6 Å². The van der Waals surface area contributed by atoms with Crippen LogP contribution in [0.25, 0.3) is 0 Å². The van der Waals surface area contributed by atoms with Gasteiger partial charge < -0.3 is 19.6 Å². The zero-order valence-corrected chi connectivity index (χ0v) is 16.4. The van der Waals surface area contributed by atoms with Gasteiger partial charge in [-0.25, -0.2) is 0 Å². The molecular formula is C20H27N3O2S. The van der Waals surface area contributed by atoms with Crippen LogP contribution in [0, 0.1) is 0 Å². The minimum Gasteiger partial charge on any atom is -0.497 e. The lowest BCUT2D eigenvalue weighted by molar-refractivity contribution is 0.229. The van der Waals surface area contributed by atoms with E-state index in [1.54, 1.807) is 7.11 Å². The first kappa shape index (κ1) is 19.2. The first-order valence-electron chi connectivity index (χ1n) is 8.93. The highest BCUT2D eigenvalue weighted by atomic mass is 32.2. The number of pyridine rings is 1. The topological polar surface area (TPSA) is 55.4 Å². The van der Waals surface area contributed by atoms with Gasteiger partial charge in [0.1, 0.15) is 10.5 Å². The van der Waals surface area contributed by atoms with Crippen molar-refractivity contribution in [2.75, 3.05) is 27.3 Å². The Labute approximate surface area is 160 Å². The van der Waals surface area contributed by atoms with Crippen molar-refractivity contribution in [3.8, 4) is 5.75 Å². The second-order valence-corrected chi connectivity index (χ2v) is 7.90. The zero-order chi connectivity index (χ0) is 18.4. The molecule has 2 heterocycles. The number of hydrogen-bond acceptors (Lipinski definition) is 6. The largest absolute Gasteiger partial charge is 0.497 e. The quantitative estimate of drug-likeness (QED) is 0.659. The first-order valence-corrected chi connectivity index (χ1v) is 9.67. The Morgan fingerprint density at radius 2 is 2.04 bits per heavy atom. The highest BCUT2D eigenvalue weighted by molar-refractivity contribution is 7.96. The molecule has 140 valence electrons. The van der Waals surface area contributed by atoms with Crippen molar-refractivity contribution in [3.05, 3.63) is 59.4 Å². The fourth-order valence-electron chi connectivity index (χ4n) is 3.03. The van der Waals surface area contributed by atoms with Crippen LogP contribution < -0.4 is 15.4 Å². The average Bonchev–Trinajstić information content (AvgIpc) is 2.62. The Bertz CT molecular complexity index is 704. The van der Waals surface area contributed by atoms with Gasteiger partial charge in [0.15, 0.2) is 0 Å². The Morgan fingerprint density at radius 3 is 2.65 bits per heavy atom. The van der Waals surface area contributed by atoms with Crippen LogP contribution in [0.3, 0.4) is 0 Å². The fourth-order valence-corrected chi connectivity index (χ4v) is 3.77. The summed E-state index contributed by atoms with van der Waals surface area (Å²) in [4.78, 5) is 4.82. The van der Waals surface area contributed by atoms with E-state index in [0.29, 0.717) is 12.6 Å². The van der Waals surface area contributed by atoms with Crippen LogP contribution in [-0.2, 0) is 21.9 Å². The number of rotatable bonds is 9. The zero-order valence-electron chi connectivity index (χ0n) is 15.6. The predicted molar refractivity (Wildman–Crippen MR) is 106 cm³/mol. The van der Waals surface area contributed by atoms with Gasteiger partial charge in [-0.05, 0) is 50.2 Å². The van der Waals surface area contributed by atoms with Gasteiger partial charge in [-0.15, -0.1) is 0 Å². The third-order valence-corrected chi connectivity index (χ3v) is 5.61. The highest BCUT2D eigenvalue weighted by Gasteiger charge is 2.43. The van der Waals surface area contributed by atoms with E-state index < -0.39 is 0 Å². The van der Waals surface area contributed by atoms with E-state index in [1.807, 2.05) is 19.2 Å². The number of aromatic nitrogens is 1. The molecule has 1 aromatic carbocycles. The van der Waals surface area contributed by atoms with Gasteiger partial charge in [-0.3, -0.25) is 4.98 Å². The van der Waals surface area contributed by atoms with Crippen LogP contribution in [0.15, 0.2) is 42.5 Å². The molecule has 1 unspecified atom stereocenters. The summed E-state index contributed by atoms with van der Waals surface area (Å²) in [7, 11) is 3.63. The number of ether oxygens (including phenoxy) is 1. The van der Waals surface area contributed by atoms with Gasteiger partial charge in [-0.1, -0.05) is 18.2 Å². The molecule has 2 aromatic rings. The maximum Gasteiger partial charge on any atom is 0.121 e. The first-order chi connectivity index (χ1) is 12.6. The molecule has 0 bridgehead atoms. The van der Waals surface area contributed by atoms with E-state index in [9.17, 15) is 0 Å². The summed E-state index contributed by atoms with van der Waals surface area (Å²) in [5.41, 5.74) is 3.44. The fraction of sp³-hybridized carbons (Fsp3) is 0.450. The molecule has 0 spiro atoms. The summed E-state index contributed by atoms with van der Waals surface area (Å²) in [5, 5.41) is 6.82. The molecule has 0 radical (unpaired) electrons. The summed E-state index contributed by atoms with van der Waals surface area (Å²) in [6, 6.07) is 14.9. The lowest BCUT2D eigenvalue weighted by atomic mass is 10.0. The van der Waals surface area contributed by atoms with Crippen LogP contribution in [-0.4, -0.2) is 38.3 Å². The molecule has 2 N–H and O–H groups in total. The van der Waals surface area contributed by atoms with Crippen molar-refractivity contribution < 1.29 is 8.92 Å². The molecule has 1 aliphatic rings. The van der Waals surface area contributed by atoms with E-state index in [2.05, 4.69) is 47.9 Å². The summed E-state index contributed by atoms with van der Waals surface area (Å²) in [5.74, 6) is 0.892. The molecule has 5 nitrogen and oxygen atoms in total.